The van der Waals surface area contributed by atoms with E-state index in [1.54, 1.807) is 0 Å². The highest BCUT2D eigenvalue weighted by atomic mass is 16.5. The van der Waals surface area contributed by atoms with Crippen molar-refractivity contribution in [3.8, 4) is 5.75 Å². The molecule has 0 aliphatic carbocycles. The summed E-state index contributed by atoms with van der Waals surface area (Å²) in [6, 6.07) is 5.99. The fraction of sp³-hybridized carbons (Fsp3) is 0.632. The quantitative estimate of drug-likeness (QED) is 0.740. The fourth-order valence-corrected chi connectivity index (χ4v) is 2.76. The Bertz CT molecular complexity index is 495. The van der Waals surface area contributed by atoms with Crippen LogP contribution in [0.4, 0.5) is 0 Å². The molecule has 1 saturated heterocycles. The second-order valence-electron chi connectivity index (χ2n) is 6.25. The van der Waals surface area contributed by atoms with Gasteiger partial charge in [0.05, 0.1) is 6.61 Å². The predicted octanol–water partition coefficient (Wildman–Crippen LogP) is 3.86. The van der Waals surface area contributed by atoms with Gasteiger partial charge in [-0.3, -0.25) is 4.79 Å². The second kappa shape index (κ2) is 9.56. The maximum Gasteiger partial charge on any atom is 0.251 e. The van der Waals surface area contributed by atoms with Crippen LogP contribution in [-0.2, 0) is 4.74 Å². The highest BCUT2D eigenvalue weighted by Gasteiger charge is 2.18. The largest absolute Gasteiger partial charge is 0.494 e. The van der Waals surface area contributed by atoms with Crippen LogP contribution in [0.5, 0.6) is 5.75 Å². The number of amides is 1. The van der Waals surface area contributed by atoms with E-state index in [0.29, 0.717) is 12.2 Å². The fourth-order valence-electron chi connectivity index (χ4n) is 2.76. The van der Waals surface area contributed by atoms with Crippen LogP contribution in [0.15, 0.2) is 18.2 Å². The van der Waals surface area contributed by atoms with Gasteiger partial charge >= 0.3 is 0 Å². The Labute approximate surface area is 139 Å². The smallest absolute Gasteiger partial charge is 0.251 e. The minimum atomic E-state index is -0.00849. The molecule has 1 aromatic carbocycles. The molecule has 1 fully saturated rings. The molecule has 23 heavy (non-hydrogen) atoms. The summed E-state index contributed by atoms with van der Waals surface area (Å²) in [4.78, 5) is 12.5. The number of carbonyl (C=O) groups excluding carboxylic acids is 1. The van der Waals surface area contributed by atoms with Crippen molar-refractivity contribution < 1.29 is 14.3 Å². The number of hydrogen-bond acceptors (Lipinski definition) is 3. The topological polar surface area (TPSA) is 47.6 Å². The molecule has 0 unspecified atom stereocenters. The molecule has 2 rings (SSSR count). The number of aryl methyl sites for hydroxylation is 1. The van der Waals surface area contributed by atoms with Gasteiger partial charge in [0, 0.05) is 24.8 Å². The third-order valence-corrected chi connectivity index (χ3v) is 4.28. The number of benzene rings is 1. The van der Waals surface area contributed by atoms with Gasteiger partial charge in [0.15, 0.2) is 0 Å². The first-order valence-corrected chi connectivity index (χ1v) is 8.82. The Hall–Kier alpha value is -1.55. The molecule has 0 bridgehead atoms. The minimum absolute atomic E-state index is 0.00849. The normalized spacial score (nSPS) is 15.4. The summed E-state index contributed by atoms with van der Waals surface area (Å²) < 4.78 is 11.1. The summed E-state index contributed by atoms with van der Waals surface area (Å²) in [5.41, 5.74) is 1.69. The molecular formula is C19H29NO3. The van der Waals surface area contributed by atoms with Gasteiger partial charge in [-0.15, -0.1) is 0 Å². The summed E-state index contributed by atoms with van der Waals surface area (Å²) in [6.45, 7) is 6.33. The zero-order valence-corrected chi connectivity index (χ0v) is 14.4. The zero-order valence-electron chi connectivity index (χ0n) is 14.4. The molecule has 1 N–H and O–H groups in total. The molecular weight excluding hydrogens is 290 g/mol. The second-order valence-corrected chi connectivity index (χ2v) is 6.25. The molecule has 0 aromatic heterocycles. The van der Waals surface area contributed by atoms with Gasteiger partial charge in [-0.25, -0.2) is 0 Å². The lowest BCUT2D eigenvalue weighted by atomic mass is 10.1. The zero-order chi connectivity index (χ0) is 16.5. The number of hydrogen-bond donors (Lipinski definition) is 1. The molecule has 0 atom stereocenters. The standard InChI is InChI=1S/C19H29NO3/c1-3-4-5-6-11-23-17-8-7-15(2)18(14-17)19(21)20-16-9-12-22-13-10-16/h7-8,14,16H,3-6,9-13H2,1-2H3,(H,20,21). The summed E-state index contributed by atoms with van der Waals surface area (Å²) in [5, 5.41) is 3.11. The van der Waals surface area contributed by atoms with Gasteiger partial charge in [-0.2, -0.15) is 0 Å². The van der Waals surface area contributed by atoms with Crippen LogP contribution >= 0.6 is 0 Å². The van der Waals surface area contributed by atoms with Crippen molar-refractivity contribution >= 4 is 5.91 Å². The van der Waals surface area contributed by atoms with Crippen molar-refractivity contribution in [1.29, 1.82) is 0 Å². The first-order valence-electron chi connectivity index (χ1n) is 8.82. The van der Waals surface area contributed by atoms with Crippen molar-refractivity contribution in [2.24, 2.45) is 0 Å². The van der Waals surface area contributed by atoms with Crippen LogP contribution < -0.4 is 10.1 Å². The summed E-state index contributed by atoms with van der Waals surface area (Å²) in [5.74, 6) is 0.773. The molecule has 1 aliphatic rings. The molecule has 0 saturated carbocycles. The summed E-state index contributed by atoms with van der Waals surface area (Å²) in [6.07, 6.45) is 6.50. The van der Waals surface area contributed by atoms with Crippen molar-refractivity contribution in [2.75, 3.05) is 19.8 Å². The van der Waals surface area contributed by atoms with Gasteiger partial charge in [0.2, 0.25) is 0 Å². The van der Waals surface area contributed by atoms with E-state index in [-0.39, 0.29) is 11.9 Å². The van der Waals surface area contributed by atoms with Crippen molar-refractivity contribution in [3.63, 3.8) is 0 Å². The van der Waals surface area contributed by atoms with Gasteiger partial charge < -0.3 is 14.8 Å². The summed E-state index contributed by atoms with van der Waals surface area (Å²) >= 11 is 0. The van der Waals surface area contributed by atoms with Crippen molar-refractivity contribution in [3.05, 3.63) is 29.3 Å². The first-order chi connectivity index (χ1) is 11.2. The molecule has 4 nitrogen and oxygen atoms in total. The van der Waals surface area contributed by atoms with E-state index in [1.807, 2.05) is 25.1 Å². The molecule has 0 spiro atoms. The average Bonchev–Trinajstić information content (AvgIpc) is 2.57. The van der Waals surface area contributed by atoms with E-state index >= 15 is 0 Å². The number of nitrogens with one attached hydrogen (secondary N) is 1. The van der Waals surface area contributed by atoms with Crippen LogP contribution in [-0.4, -0.2) is 31.8 Å². The van der Waals surface area contributed by atoms with Gasteiger partial charge in [-0.05, 0) is 43.9 Å². The lowest BCUT2D eigenvalue weighted by Gasteiger charge is -2.23. The van der Waals surface area contributed by atoms with Crippen LogP contribution in [0, 0.1) is 6.92 Å². The van der Waals surface area contributed by atoms with E-state index in [0.717, 1.165) is 43.8 Å². The van der Waals surface area contributed by atoms with Crippen molar-refractivity contribution in [1.82, 2.24) is 5.32 Å². The molecule has 1 amide bonds. The monoisotopic (exact) mass is 319 g/mol. The highest BCUT2D eigenvalue weighted by Crippen LogP contribution is 2.19. The lowest BCUT2D eigenvalue weighted by Crippen LogP contribution is -2.39. The number of unbranched alkanes of at least 4 members (excludes halogenated alkanes) is 3. The molecule has 0 radical (unpaired) electrons. The Morgan fingerprint density at radius 3 is 2.78 bits per heavy atom. The SMILES string of the molecule is CCCCCCOc1ccc(C)c(C(=O)NC2CCOCC2)c1. The maximum absolute atomic E-state index is 12.5. The number of rotatable bonds is 8. The number of carbonyl (C=O) groups is 1. The van der Waals surface area contributed by atoms with E-state index in [4.69, 9.17) is 9.47 Å². The third-order valence-electron chi connectivity index (χ3n) is 4.28. The predicted molar refractivity (Wildman–Crippen MR) is 92.1 cm³/mol. The van der Waals surface area contributed by atoms with Crippen LogP contribution in [0.1, 0.15) is 61.4 Å². The molecule has 1 heterocycles. The molecule has 4 heteroatoms. The van der Waals surface area contributed by atoms with E-state index in [2.05, 4.69) is 12.2 Å². The van der Waals surface area contributed by atoms with Crippen LogP contribution in [0.2, 0.25) is 0 Å². The minimum Gasteiger partial charge on any atom is -0.494 e. The lowest BCUT2D eigenvalue weighted by molar-refractivity contribution is 0.0696. The van der Waals surface area contributed by atoms with Crippen molar-refractivity contribution in [2.45, 2.75) is 58.4 Å². The Morgan fingerprint density at radius 1 is 1.26 bits per heavy atom. The summed E-state index contributed by atoms with van der Waals surface area (Å²) in [7, 11) is 0. The Morgan fingerprint density at radius 2 is 2.04 bits per heavy atom. The Balaban J connectivity index is 1.89. The first kappa shape index (κ1) is 17.8. The highest BCUT2D eigenvalue weighted by molar-refractivity contribution is 5.96. The van der Waals surface area contributed by atoms with Gasteiger partial charge in [-0.1, -0.05) is 32.3 Å². The van der Waals surface area contributed by atoms with E-state index in [1.165, 1.54) is 19.3 Å². The molecule has 1 aliphatic heterocycles. The third kappa shape index (κ3) is 5.87. The van der Waals surface area contributed by atoms with Crippen LogP contribution in [0.25, 0.3) is 0 Å². The van der Waals surface area contributed by atoms with E-state index in [9.17, 15) is 4.79 Å². The van der Waals surface area contributed by atoms with Gasteiger partial charge in [0.1, 0.15) is 5.75 Å². The van der Waals surface area contributed by atoms with E-state index < -0.39 is 0 Å². The number of ether oxygens (including phenoxy) is 2. The molecule has 128 valence electrons. The maximum atomic E-state index is 12.5. The van der Waals surface area contributed by atoms with Crippen LogP contribution in [0.3, 0.4) is 0 Å². The Kier molecular flexibility index (Phi) is 7.40. The molecule has 1 aromatic rings. The average molecular weight is 319 g/mol. The van der Waals surface area contributed by atoms with Gasteiger partial charge in [0.25, 0.3) is 5.91 Å².